The van der Waals surface area contributed by atoms with Gasteiger partial charge in [0.1, 0.15) is 11.5 Å². The third-order valence-electron chi connectivity index (χ3n) is 5.62. The summed E-state index contributed by atoms with van der Waals surface area (Å²) in [5.74, 6) is -0.736. The van der Waals surface area contributed by atoms with E-state index in [9.17, 15) is 15.0 Å². The Bertz CT molecular complexity index is 1290. The third-order valence-corrected chi connectivity index (χ3v) is 5.62. The van der Waals surface area contributed by atoms with Gasteiger partial charge in [0.05, 0.1) is 23.1 Å². The third kappa shape index (κ3) is 3.95. The van der Waals surface area contributed by atoms with Crippen molar-refractivity contribution < 1.29 is 15.0 Å². The molecule has 32 heavy (non-hydrogen) atoms. The van der Waals surface area contributed by atoms with Gasteiger partial charge in [0.2, 0.25) is 0 Å². The molecule has 0 saturated heterocycles. The lowest BCUT2D eigenvalue weighted by Gasteiger charge is -2.20. The minimum Gasteiger partial charge on any atom is -0.507 e. The highest BCUT2D eigenvalue weighted by Gasteiger charge is 2.22. The molecular weight excluding hydrogens is 402 g/mol. The Morgan fingerprint density at radius 2 is 1.62 bits per heavy atom. The van der Waals surface area contributed by atoms with Crippen molar-refractivity contribution in [2.24, 2.45) is 0 Å². The Morgan fingerprint density at radius 3 is 2.34 bits per heavy atom. The van der Waals surface area contributed by atoms with Crippen LogP contribution in [0.25, 0.3) is 16.9 Å². The highest BCUT2D eigenvalue weighted by Crippen LogP contribution is 2.36. The van der Waals surface area contributed by atoms with Gasteiger partial charge in [0.25, 0.3) is 5.91 Å². The number of phenols is 2. The molecule has 0 spiro atoms. The van der Waals surface area contributed by atoms with Crippen molar-refractivity contribution in [3.63, 3.8) is 0 Å². The second-order valence-electron chi connectivity index (χ2n) is 7.89. The molecule has 0 unspecified atom stereocenters. The standard InChI is InChI=1S/C26H25N3O3/c1-17-8-4-6-10-19(17)16-28(3)26(32)21-14-20(24(30)15-25(21)31)23-12-13-27-29(23)22-11-7-5-9-18(22)2/h4-15,30-31H,16H2,1-3H3. The fraction of sp³-hybridized carbons (Fsp3) is 0.154. The fourth-order valence-corrected chi connectivity index (χ4v) is 3.77. The van der Waals surface area contributed by atoms with Crippen molar-refractivity contribution >= 4 is 5.91 Å². The maximum absolute atomic E-state index is 13.2. The molecule has 0 fully saturated rings. The maximum atomic E-state index is 13.2. The van der Waals surface area contributed by atoms with Gasteiger partial charge in [-0.05, 0) is 48.7 Å². The van der Waals surface area contributed by atoms with Crippen LogP contribution in [0.5, 0.6) is 11.5 Å². The van der Waals surface area contributed by atoms with E-state index in [0.29, 0.717) is 17.8 Å². The average Bonchev–Trinajstić information content (AvgIpc) is 3.24. The lowest BCUT2D eigenvalue weighted by atomic mass is 10.0. The van der Waals surface area contributed by atoms with E-state index in [0.717, 1.165) is 22.4 Å². The lowest BCUT2D eigenvalue weighted by molar-refractivity contribution is 0.0782. The first-order valence-corrected chi connectivity index (χ1v) is 10.3. The van der Waals surface area contributed by atoms with Crippen molar-refractivity contribution in [2.75, 3.05) is 7.05 Å². The van der Waals surface area contributed by atoms with Gasteiger partial charge in [-0.3, -0.25) is 4.79 Å². The van der Waals surface area contributed by atoms with Gasteiger partial charge in [0, 0.05) is 25.2 Å². The number of aryl methyl sites for hydroxylation is 2. The number of aromatic hydroxyl groups is 2. The van der Waals surface area contributed by atoms with Crippen LogP contribution in [0.4, 0.5) is 0 Å². The Labute approximate surface area is 187 Å². The number of phenolic OH excluding ortho intramolecular Hbond substituents is 2. The summed E-state index contributed by atoms with van der Waals surface area (Å²) in [6.07, 6.45) is 1.64. The molecule has 3 aromatic carbocycles. The first kappa shape index (κ1) is 21.2. The first-order valence-electron chi connectivity index (χ1n) is 10.3. The van der Waals surface area contributed by atoms with Crippen LogP contribution in [0, 0.1) is 13.8 Å². The molecule has 162 valence electrons. The van der Waals surface area contributed by atoms with Crippen LogP contribution in [-0.4, -0.2) is 37.8 Å². The largest absolute Gasteiger partial charge is 0.507 e. The molecule has 0 saturated carbocycles. The zero-order valence-corrected chi connectivity index (χ0v) is 18.3. The molecule has 4 rings (SSSR count). The molecule has 0 bridgehead atoms. The number of aromatic nitrogens is 2. The minimum absolute atomic E-state index is 0.117. The van der Waals surface area contributed by atoms with E-state index in [-0.39, 0.29) is 23.0 Å². The number of amides is 1. The summed E-state index contributed by atoms with van der Waals surface area (Å²) in [5, 5.41) is 25.5. The zero-order valence-electron chi connectivity index (χ0n) is 18.3. The number of hydrogen-bond acceptors (Lipinski definition) is 4. The van der Waals surface area contributed by atoms with E-state index in [1.807, 2.05) is 62.4 Å². The fourth-order valence-electron chi connectivity index (χ4n) is 3.77. The molecule has 4 aromatic rings. The molecule has 1 amide bonds. The number of carbonyl (C=O) groups is 1. The average molecular weight is 428 g/mol. The molecule has 1 heterocycles. The summed E-state index contributed by atoms with van der Waals surface area (Å²) < 4.78 is 1.72. The van der Waals surface area contributed by atoms with E-state index in [2.05, 4.69) is 5.10 Å². The van der Waals surface area contributed by atoms with Crippen molar-refractivity contribution in [3.8, 4) is 28.4 Å². The number of hydrogen-bond donors (Lipinski definition) is 2. The highest BCUT2D eigenvalue weighted by atomic mass is 16.3. The molecule has 2 N–H and O–H groups in total. The van der Waals surface area contributed by atoms with Crippen molar-refractivity contribution in [1.29, 1.82) is 0 Å². The summed E-state index contributed by atoms with van der Waals surface area (Å²) in [5.41, 5.74) is 5.15. The van der Waals surface area contributed by atoms with Crippen LogP contribution in [0.2, 0.25) is 0 Å². The summed E-state index contributed by atoms with van der Waals surface area (Å²) >= 11 is 0. The zero-order chi connectivity index (χ0) is 22.8. The predicted molar refractivity (Wildman–Crippen MR) is 124 cm³/mol. The summed E-state index contributed by atoms with van der Waals surface area (Å²) in [4.78, 5) is 14.7. The van der Waals surface area contributed by atoms with Crippen molar-refractivity contribution in [2.45, 2.75) is 20.4 Å². The minimum atomic E-state index is -0.339. The molecule has 0 aliphatic rings. The number of benzene rings is 3. The Morgan fingerprint density at radius 1 is 0.938 bits per heavy atom. The maximum Gasteiger partial charge on any atom is 0.257 e. The van der Waals surface area contributed by atoms with Crippen LogP contribution in [-0.2, 0) is 6.54 Å². The molecular formula is C26H25N3O3. The van der Waals surface area contributed by atoms with E-state index in [1.54, 1.807) is 28.9 Å². The van der Waals surface area contributed by atoms with Gasteiger partial charge in [0.15, 0.2) is 0 Å². The van der Waals surface area contributed by atoms with Crippen LogP contribution in [0.3, 0.4) is 0 Å². The smallest absolute Gasteiger partial charge is 0.257 e. The highest BCUT2D eigenvalue weighted by molar-refractivity contribution is 5.98. The predicted octanol–water partition coefficient (Wildman–Crippen LogP) is 4.84. The van der Waals surface area contributed by atoms with Crippen LogP contribution in [0.15, 0.2) is 72.9 Å². The van der Waals surface area contributed by atoms with Crippen LogP contribution >= 0.6 is 0 Å². The number of para-hydroxylation sites is 1. The van der Waals surface area contributed by atoms with Gasteiger partial charge < -0.3 is 15.1 Å². The van der Waals surface area contributed by atoms with Crippen molar-refractivity contribution in [1.82, 2.24) is 14.7 Å². The molecule has 0 aliphatic heterocycles. The van der Waals surface area contributed by atoms with Crippen LogP contribution in [0.1, 0.15) is 27.0 Å². The quantitative estimate of drug-likeness (QED) is 0.478. The summed E-state index contributed by atoms with van der Waals surface area (Å²) in [6, 6.07) is 20.1. The summed E-state index contributed by atoms with van der Waals surface area (Å²) in [7, 11) is 1.69. The topological polar surface area (TPSA) is 78.6 Å². The van der Waals surface area contributed by atoms with Gasteiger partial charge in [-0.2, -0.15) is 5.10 Å². The van der Waals surface area contributed by atoms with E-state index >= 15 is 0 Å². The monoisotopic (exact) mass is 427 g/mol. The van der Waals surface area contributed by atoms with E-state index in [4.69, 9.17) is 0 Å². The van der Waals surface area contributed by atoms with E-state index in [1.165, 1.54) is 12.1 Å². The normalized spacial score (nSPS) is 10.8. The number of carbonyl (C=O) groups excluding carboxylic acids is 1. The van der Waals surface area contributed by atoms with Gasteiger partial charge in [-0.1, -0.05) is 42.5 Å². The molecule has 0 radical (unpaired) electrons. The molecule has 1 aromatic heterocycles. The van der Waals surface area contributed by atoms with Gasteiger partial charge in [-0.15, -0.1) is 0 Å². The lowest BCUT2D eigenvalue weighted by Crippen LogP contribution is -2.26. The number of rotatable bonds is 5. The second-order valence-corrected chi connectivity index (χ2v) is 7.89. The Balaban J connectivity index is 1.72. The molecule has 0 atom stereocenters. The molecule has 6 nitrogen and oxygen atoms in total. The summed E-state index contributed by atoms with van der Waals surface area (Å²) in [6.45, 7) is 4.38. The Kier molecular flexibility index (Phi) is 5.69. The van der Waals surface area contributed by atoms with Crippen LogP contribution < -0.4 is 0 Å². The first-order chi connectivity index (χ1) is 15.4. The van der Waals surface area contributed by atoms with Gasteiger partial charge in [-0.25, -0.2) is 4.68 Å². The van der Waals surface area contributed by atoms with Gasteiger partial charge >= 0.3 is 0 Å². The van der Waals surface area contributed by atoms with E-state index < -0.39 is 0 Å². The molecule has 6 heteroatoms. The Hall–Kier alpha value is -4.06. The second kappa shape index (κ2) is 8.59. The van der Waals surface area contributed by atoms with Crippen molar-refractivity contribution in [3.05, 3.63) is 95.2 Å². The number of nitrogens with zero attached hydrogens (tertiary/aromatic N) is 3. The molecule has 0 aliphatic carbocycles. The SMILES string of the molecule is Cc1ccccc1CN(C)C(=O)c1cc(-c2ccnn2-c2ccccc2C)c(O)cc1O.